The molecule has 0 aromatic carbocycles. The van der Waals surface area contributed by atoms with Gasteiger partial charge in [-0.25, -0.2) is 0 Å². The van der Waals surface area contributed by atoms with Crippen LogP contribution in [0, 0.1) is 0 Å². The molecule has 9 rings (SSSR count). The van der Waals surface area contributed by atoms with Crippen molar-refractivity contribution in [3.8, 4) is 0 Å². The summed E-state index contributed by atoms with van der Waals surface area (Å²) in [4.78, 5) is 0. The molecule has 0 unspecified atom stereocenters. The zero-order valence-corrected chi connectivity index (χ0v) is 35.2. The van der Waals surface area contributed by atoms with Gasteiger partial charge in [-0.1, -0.05) is 6.92 Å². The highest BCUT2D eigenvalue weighted by atomic mass is 16.7. The molecule has 0 bridgehead atoms. The highest BCUT2D eigenvalue weighted by Crippen LogP contribution is 2.45. The second-order valence-electron chi connectivity index (χ2n) is 19.4. The SMILES string of the molecule is CC[C@@H]1O[C@H]2[C@H](O)[C@@H](O)[C@H](C[C@H](O)C[C@@H](O)[C@@H]3O[C@H]4[C@H](O)[C@@H](O)[C@H]([C@@H]5O[C@@H]6[C@H](O)[C@H]7O[C@H]8C[C@H]9O[C@@H](CCO)[C@H](O)[C@H](O)[C@@H]9O[C@@H]8C[C@@H]7O[C@H]6[C@H](O)[C@H]5O)O[C@H]4C[C@H]3O)O[C@H]2C[C@H]1O. The van der Waals surface area contributed by atoms with Crippen molar-refractivity contribution in [1.82, 2.24) is 0 Å². The van der Waals surface area contributed by atoms with Crippen LogP contribution in [0.15, 0.2) is 0 Å². The molecule has 0 aromatic rings. The summed E-state index contributed by atoms with van der Waals surface area (Å²) < 4.78 is 54.6. The van der Waals surface area contributed by atoms with Gasteiger partial charge in [-0.3, -0.25) is 0 Å². The van der Waals surface area contributed by atoms with E-state index in [-0.39, 0.29) is 45.1 Å². The first kappa shape index (κ1) is 48.1. The lowest BCUT2D eigenvalue weighted by molar-refractivity contribution is -0.371. The second-order valence-corrected chi connectivity index (χ2v) is 19.4. The Morgan fingerprint density at radius 1 is 0.406 bits per heavy atom. The van der Waals surface area contributed by atoms with Crippen LogP contribution < -0.4 is 0 Å². The average molecular weight is 927 g/mol. The Morgan fingerprint density at radius 3 is 1.44 bits per heavy atom. The summed E-state index contributed by atoms with van der Waals surface area (Å²) in [6.45, 7) is 1.55. The Morgan fingerprint density at radius 2 is 0.828 bits per heavy atom. The Labute approximate surface area is 367 Å². The van der Waals surface area contributed by atoms with E-state index in [0.29, 0.717) is 6.42 Å². The summed E-state index contributed by atoms with van der Waals surface area (Å²) in [5.74, 6) is 0. The van der Waals surface area contributed by atoms with E-state index in [0.717, 1.165) is 0 Å². The number of aliphatic hydroxyl groups excluding tert-OH is 14. The van der Waals surface area contributed by atoms with Crippen LogP contribution >= 0.6 is 0 Å². The van der Waals surface area contributed by atoms with Gasteiger partial charge in [-0.2, -0.15) is 0 Å². The predicted octanol–water partition coefficient (Wildman–Crippen LogP) is -7.28. The predicted molar refractivity (Wildman–Crippen MR) is 206 cm³/mol. The first-order chi connectivity index (χ1) is 30.5. The van der Waals surface area contributed by atoms with Gasteiger partial charge in [0, 0.05) is 45.1 Å². The Bertz CT molecular complexity index is 1570. The average Bonchev–Trinajstić information content (AvgIpc) is 3.26. The summed E-state index contributed by atoms with van der Waals surface area (Å²) in [5.41, 5.74) is 0. The van der Waals surface area contributed by atoms with Crippen molar-refractivity contribution in [2.75, 3.05) is 6.61 Å². The molecule has 9 aliphatic rings. The van der Waals surface area contributed by atoms with Crippen LogP contribution in [-0.4, -0.2) is 267 Å². The number of fused-ring (bicyclic) bond motifs is 6. The van der Waals surface area contributed by atoms with Gasteiger partial charge in [0.2, 0.25) is 0 Å². The minimum absolute atomic E-state index is 0.0900. The first-order valence-corrected chi connectivity index (χ1v) is 22.8. The van der Waals surface area contributed by atoms with E-state index in [2.05, 4.69) is 0 Å². The highest BCUT2D eigenvalue weighted by Gasteiger charge is 2.63. The van der Waals surface area contributed by atoms with Gasteiger partial charge in [0.25, 0.3) is 0 Å². The van der Waals surface area contributed by atoms with Crippen molar-refractivity contribution in [3.63, 3.8) is 0 Å². The normalized spacial score (nSPS) is 57.1. The van der Waals surface area contributed by atoms with Crippen molar-refractivity contribution in [2.24, 2.45) is 0 Å². The van der Waals surface area contributed by atoms with E-state index in [9.17, 15) is 71.5 Å². The summed E-state index contributed by atoms with van der Waals surface area (Å²) >= 11 is 0. The number of ether oxygens (including phenoxy) is 9. The Balaban J connectivity index is 0.807. The summed E-state index contributed by atoms with van der Waals surface area (Å²) in [6.07, 6.45) is -37.3. The molecule has 23 heteroatoms. The molecule has 9 fully saturated rings. The van der Waals surface area contributed by atoms with Crippen molar-refractivity contribution in [1.29, 1.82) is 0 Å². The standard InChI is InChI=1S/C41H66O23/c1-2-15-12(44)7-20-34(58-15)27(50)25(48)19(57-20)6-11(43)5-13(45)33-14(46)8-21-36(63-33)28(51)29(52)38(61-21)40-31(54)30(53)39-41(64-40)32(55)37-23(62-39)10-18-17(60-37)9-22-35(59-18)26(49)24(47)16(56-22)3-4-42/h11-55H,2-10H2,1H3/t11-,12-,13-,14-,15+,16+,17+,18-,19+,20+,21+,22-,23+,24+,25+,26+,27-,28-,29-,30-,31-,32-,33+,34-,35-,36-,37+,38-,39+,40-,41-/m1/s1. The van der Waals surface area contributed by atoms with Crippen LogP contribution in [0.5, 0.6) is 0 Å². The van der Waals surface area contributed by atoms with E-state index in [1.165, 1.54) is 0 Å². The fraction of sp³-hybridized carbons (Fsp3) is 1.00. The number of rotatable bonds is 9. The van der Waals surface area contributed by atoms with E-state index < -0.39 is 196 Å². The largest absolute Gasteiger partial charge is 0.396 e. The molecule has 9 heterocycles. The summed E-state index contributed by atoms with van der Waals surface area (Å²) in [5, 5.41) is 154. The van der Waals surface area contributed by atoms with Crippen LogP contribution in [0.25, 0.3) is 0 Å². The van der Waals surface area contributed by atoms with Crippen molar-refractivity contribution >= 4 is 0 Å². The van der Waals surface area contributed by atoms with Crippen LogP contribution in [0.3, 0.4) is 0 Å². The maximum Gasteiger partial charge on any atom is 0.115 e. The Kier molecular flexibility index (Phi) is 14.4. The van der Waals surface area contributed by atoms with E-state index in [4.69, 9.17) is 42.6 Å². The van der Waals surface area contributed by atoms with Gasteiger partial charge in [-0.05, 0) is 12.8 Å². The zero-order valence-electron chi connectivity index (χ0n) is 35.2. The van der Waals surface area contributed by atoms with Gasteiger partial charge in [-0.15, -0.1) is 0 Å². The summed E-state index contributed by atoms with van der Waals surface area (Å²) in [6, 6.07) is 0. The fourth-order valence-electron chi connectivity index (χ4n) is 11.8. The molecular formula is C41H66O23. The smallest absolute Gasteiger partial charge is 0.115 e. The third-order valence-corrected chi connectivity index (χ3v) is 15.3. The maximum atomic E-state index is 11.7. The van der Waals surface area contributed by atoms with Gasteiger partial charge >= 0.3 is 0 Å². The lowest BCUT2D eigenvalue weighted by atomic mass is 9.79. The molecule has 64 heavy (non-hydrogen) atoms. The third-order valence-electron chi connectivity index (χ3n) is 15.3. The molecule has 0 spiro atoms. The second kappa shape index (κ2) is 19.1. The third kappa shape index (κ3) is 8.60. The molecule has 0 aliphatic carbocycles. The molecule has 0 saturated carbocycles. The van der Waals surface area contributed by atoms with E-state index in [1.54, 1.807) is 0 Å². The van der Waals surface area contributed by atoms with E-state index >= 15 is 0 Å². The van der Waals surface area contributed by atoms with E-state index in [1.807, 2.05) is 6.92 Å². The molecule has 9 aliphatic heterocycles. The minimum Gasteiger partial charge on any atom is -0.396 e. The molecule has 23 nitrogen and oxygen atoms in total. The van der Waals surface area contributed by atoms with Crippen molar-refractivity contribution in [2.45, 2.75) is 248 Å². The van der Waals surface area contributed by atoms with Crippen LogP contribution in [-0.2, 0) is 42.6 Å². The number of aliphatic hydroxyl groups is 14. The first-order valence-electron chi connectivity index (χ1n) is 22.8. The van der Waals surface area contributed by atoms with Gasteiger partial charge in [0.15, 0.2) is 0 Å². The topological polar surface area (TPSA) is 366 Å². The molecule has 9 saturated heterocycles. The van der Waals surface area contributed by atoms with Gasteiger partial charge < -0.3 is 114 Å². The van der Waals surface area contributed by atoms with Crippen molar-refractivity contribution in [3.05, 3.63) is 0 Å². The van der Waals surface area contributed by atoms with Crippen LogP contribution in [0.1, 0.15) is 58.3 Å². The van der Waals surface area contributed by atoms with Crippen molar-refractivity contribution < 1.29 is 114 Å². The monoisotopic (exact) mass is 926 g/mol. The number of hydrogen-bond acceptors (Lipinski definition) is 23. The minimum atomic E-state index is -1.83. The zero-order chi connectivity index (χ0) is 45.6. The molecule has 0 amide bonds. The molecule has 14 N–H and O–H groups in total. The maximum absolute atomic E-state index is 11.7. The molecule has 31 atom stereocenters. The lowest BCUT2D eigenvalue weighted by Crippen LogP contribution is -2.75. The van der Waals surface area contributed by atoms with Gasteiger partial charge in [0.05, 0.1) is 79.4 Å². The summed E-state index contributed by atoms with van der Waals surface area (Å²) in [7, 11) is 0. The van der Waals surface area contributed by atoms with Crippen LogP contribution in [0.2, 0.25) is 0 Å². The lowest BCUT2D eigenvalue weighted by Gasteiger charge is -2.58. The molecule has 0 aromatic heterocycles. The molecule has 368 valence electrons. The quantitative estimate of drug-likeness (QED) is 0.102. The number of hydrogen-bond donors (Lipinski definition) is 14. The fourth-order valence-corrected chi connectivity index (χ4v) is 11.8. The molecule has 0 radical (unpaired) electrons. The highest BCUT2D eigenvalue weighted by molar-refractivity contribution is 5.11. The molecular weight excluding hydrogens is 860 g/mol. The van der Waals surface area contributed by atoms with Crippen LogP contribution in [0.4, 0.5) is 0 Å². The van der Waals surface area contributed by atoms with Gasteiger partial charge in [0.1, 0.15) is 110 Å². The Hall–Kier alpha value is -0.920.